The molecule has 0 radical (unpaired) electrons. The fourth-order valence-corrected chi connectivity index (χ4v) is 2.81. The van der Waals surface area contributed by atoms with Crippen molar-refractivity contribution in [3.8, 4) is 0 Å². The van der Waals surface area contributed by atoms with Gasteiger partial charge in [0.2, 0.25) is 0 Å². The first-order valence-corrected chi connectivity index (χ1v) is 6.66. The summed E-state index contributed by atoms with van der Waals surface area (Å²) in [5.74, 6) is -1.39. The molecule has 3 rings (SSSR count). The van der Waals surface area contributed by atoms with Gasteiger partial charge >= 0.3 is 12.0 Å². The van der Waals surface area contributed by atoms with Crippen LogP contribution in [0.15, 0.2) is 30.3 Å². The van der Waals surface area contributed by atoms with Crippen molar-refractivity contribution in [3.05, 3.63) is 35.9 Å². The Hall–Kier alpha value is -2.41. The summed E-state index contributed by atoms with van der Waals surface area (Å²) >= 11 is 0. The van der Waals surface area contributed by atoms with Gasteiger partial charge in [-0.05, 0) is 5.56 Å². The zero-order chi connectivity index (χ0) is 15.0. The highest BCUT2D eigenvalue weighted by atomic mass is 16.4. The van der Waals surface area contributed by atoms with E-state index in [-0.39, 0.29) is 25.4 Å². The Balaban J connectivity index is 1.78. The van der Waals surface area contributed by atoms with Crippen LogP contribution in [0.1, 0.15) is 12.0 Å². The standard InChI is InChI=1S/C14H15N3O4/c18-11(19)10-6-14(8-15-10)12(20)17(13(21)16-14)7-9-4-2-1-3-5-9/h1-5,10,15H,6-8H2,(H,16,21)(H,18,19). The Kier molecular flexibility index (Phi) is 3.13. The normalized spacial score (nSPS) is 28.2. The quantitative estimate of drug-likeness (QED) is 0.676. The summed E-state index contributed by atoms with van der Waals surface area (Å²) in [6, 6.07) is 7.90. The van der Waals surface area contributed by atoms with Crippen LogP contribution in [0.4, 0.5) is 4.79 Å². The van der Waals surface area contributed by atoms with E-state index in [4.69, 9.17) is 5.11 Å². The molecular weight excluding hydrogens is 274 g/mol. The van der Waals surface area contributed by atoms with E-state index < -0.39 is 23.6 Å². The zero-order valence-electron chi connectivity index (χ0n) is 11.2. The van der Waals surface area contributed by atoms with Gasteiger partial charge in [-0.3, -0.25) is 14.5 Å². The lowest BCUT2D eigenvalue weighted by Gasteiger charge is -2.19. The minimum atomic E-state index is -1.13. The summed E-state index contributed by atoms with van der Waals surface area (Å²) in [6.45, 7) is 0.324. The Bertz CT molecular complexity index is 603. The van der Waals surface area contributed by atoms with E-state index in [0.29, 0.717) is 0 Å². The smallest absolute Gasteiger partial charge is 0.325 e. The van der Waals surface area contributed by atoms with E-state index >= 15 is 0 Å². The van der Waals surface area contributed by atoms with Gasteiger partial charge in [-0.1, -0.05) is 30.3 Å². The second-order valence-corrected chi connectivity index (χ2v) is 5.37. The number of carbonyl (C=O) groups excluding carboxylic acids is 2. The number of carbonyl (C=O) groups is 3. The highest BCUT2D eigenvalue weighted by Crippen LogP contribution is 2.28. The third kappa shape index (κ3) is 2.25. The van der Waals surface area contributed by atoms with Gasteiger partial charge in [0.15, 0.2) is 0 Å². The first-order valence-electron chi connectivity index (χ1n) is 6.66. The number of aliphatic carboxylic acids is 1. The molecule has 7 heteroatoms. The molecule has 3 amide bonds. The van der Waals surface area contributed by atoms with Crippen LogP contribution in [-0.4, -0.2) is 46.0 Å². The van der Waals surface area contributed by atoms with E-state index in [1.807, 2.05) is 30.3 Å². The van der Waals surface area contributed by atoms with Crippen LogP contribution in [0.2, 0.25) is 0 Å². The number of benzene rings is 1. The molecule has 2 heterocycles. The highest BCUT2D eigenvalue weighted by Gasteiger charge is 2.56. The Morgan fingerprint density at radius 2 is 2.05 bits per heavy atom. The van der Waals surface area contributed by atoms with Crippen molar-refractivity contribution in [2.45, 2.75) is 24.5 Å². The van der Waals surface area contributed by atoms with Crippen LogP contribution in [0.3, 0.4) is 0 Å². The second kappa shape index (κ2) is 4.85. The molecule has 2 saturated heterocycles. The largest absolute Gasteiger partial charge is 0.480 e. The van der Waals surface area contributed by atoms with E-state index in [1.54, 1.807) is 0 Å². The van der Waals surface area contributed by atoms with Gasteiger partial charge in [-0.25, -0.2) is 4.79 Å². The van der Waals surface area contributed by atoms with Gasteiger partial charge in [-0.2, -0.15) is 0 Å². The second-order valence-electron chi connectivity index (χ2n) is 5.37. The minimum Gasteiger partial charge on any atom is -0.480 e. The predicted octanol–water partition coefficient (Wildman–Crippen LogP) is -0.0763. The molecule has 2 aliphatic heterocycles. The molecule has 0 aliphatic carbocycles. The molecule has 21 heavy (non-hydrogen) atoms. The van der Waals surface area contributed by atoms with E-state index in [0.717, 1.165) is 10.5 Å². The molecule has 1 aromatic rings. The van der Waals surface area contributed by atoms with Crippen molar-refractivity contribution in [1.29, 1.82) is 0 Å². The lowest BCUT2D eigenvalue weighted by atomic mass is 9.96. The van der Waals surface area contributed by atoms with E-state index in [1.165, 1.54) is 0 Å². The van der Waals surface area contributed by atoms with Crippen LogP contribution in [0.5, 0.6) is 0 Å². The molecule has 0 aromatic heterocycles. The fraction of sp³-hybridized carbons (Fsp3) is 0.357. The number of nitrogens with zero attached hydrogens (tertiary/aromatic N) is 1. The minimum absolute atomic E-state index is 0.0677. The van der Waals surface area contributed by atoms with Crippen molar-refractivity contribution < 1.29 is 19.5 Å². The van der Waals surface area contributed by atoms with E-state index in [2.05, 4.69) is 10.6 Å². The summed E-state index contributed by atoms with van der Waals surface area (Å²) in [6.07, 6.45) is 0.0677. The third-order valence-electron chi connectivity index (χ3n) is 3.93. The molecule has 7 nitrogen and oxygen atoms in total. The summed E-state index contributed by atoms with van der Waals surface area (Å²) in [7, 11) is 0. The first kappa shape index (κ1) is 13.6. The summed E-state index contributed by atoms with van der Waals surface area (Å²) < 4.78 is 0. The molecule has 3 N–H and O–H groups in total. The van der Waals surface area contributed by atoms with Crippen LogP contribution in [-0.2, 0) is 16.1 Å². The molecule has 0 saturated carbocycles. The molecule has 2 unspecified atom stereocenters. The number of nitrogens with one attached hydrogen (secondary N) is 2. The molecular formula is C14H15N3O4. The van der Waals surface area contributed by atoms with Crippen molar-refractivity contribution in [3.63, 3.8) is 0 Å². The summed E-state index contributed by atoms with van der Waals surface area (Å²) in [5, 5.41) is 14.4. The van der Waals surface area contributed by atoms with E-state index in [9.17, 15) is 14.4 Å². The molecule has 0 bridgehead atoms. The lowest BCUT2D eigenvalue weighted by molar-refractivity contribution is -0.139. The summed E-state index contributed by atoms with van der Waals surface area (Å²) in [5.41, 5.74) is -0.284. The van der Waals surface area contributed by atoms with Crippen molar-refractivity contribution in [2.75, 3.05) is 6.54 Å². The Morgan fingerprint density at radius 3 is 2.67 bits per heavy atom. The third-order valence-corrected chi connectivity index (χ3v) is 3.93. The SMILES string of the molecule is O=C(O)C1CC2(CN1)NC(=O)N(Cc1ccccc1)C2=O. The maximum Gasteiger partial charge on any atom is 0.325 e. The maximum absolute atomic E-state index is 12.5. The number of imide groups is 1. The van der Waals surface area contributed by atoms with Crippen LogP contribution in [0, 0.1) is 0 Å². The average Bonchev–Trinajstić information content (AvgIpc) is 2.99. The Morgan fingerprint density at radius 1 is 1.33 bits per heavy atom. The van der Waals surface area contributed by atoms with Gasteiger partial charge in [0, 0.05) is 13.0 Å². The number of carboxylic acids is 1. The number of amides is 3. The predicted molar refractivity (Wildman–Crippen MR) is 72.3 cm³/mol. The van der Waals surface area contributed by atoms with Gasteiger partial charge < -0.3 is 15.7 Å². The molecule has 110 valence electrons. The lowest BCUT2D eigenvalue weighted by Crippen LogP contribution is -2.48. The maximum atomic E-state index is 12.5. The first-order chi connectivity index (χ1) is 10.0. The molecule has 1 aromatic carbocycles. The van der Waals surface area contributed by atoms with Gasteiger partial charge in [0.1, 0.15) is 11.6 Å². The Labute approximate surface area is 120 Å². The van der Waals surface area contributed by atoms with Crippen LogP contribution >= 0.6 is 0 Å². The van der Waals surface area contributed by atoms with Crippen LogP contribution in [0.25, 0.3) is 0 Å². The molecule has 2 aliphatic rings. The molecule has 2 atom stereocenters. The van der Waals surface area contributed by atoms with Crippen molar-refractivity contribution in [1.82, 2.24) is 15.5 Å². The fourth-order valence-electron chi connectivity index (χ4n) is 2.81. The van der Waals surface area contributed by atoms with Crippen molar-refractivity contribution in [2.24, 2.45) is 0 Å². The number of urea groups is 1. The molecule has 2 fully saturated rings. The topological polar surface area (TPSA) is 98.7 Å². The number of hydrogen-bond donors (Lipinski definition) is 3. The number of rotatable bonds is 3. The molecule has 1 spiro atoms. The average molecular weight is 289 g/mol. The van der Waals surface area contributed by atoms with Crippen LogP contribution < -0.4 is 10.6 Å². The number of carboxylic acid groups (broad SMARTS) is 1. The zero-order valence-corrected chi connectivity index (χ0v) is 11.2. The van der Waals surface area contributed by atoms with Gasteiger partial charge in [0.05, 0.1) is 6.54 Å². The highest BCUT2D eigenvalue weighted by molar-refractivity contribution is 6.07. The van der Waals surface area contributed by atoms with Gasteiger partial charge in [-0.15, -0.1) is 0 Å². The monoisotopic (exact) mass is 289 g/mol. The number of hydrogen-bond acceptors (Lipinski definition) is 4. The van der Waals surface area contributed by atoms with Crippen molar-refractivity contribution >= 4 is 17.9 Å². The summed E-state index contributed by atoms with van der Waals surface area (Å²) in [4.78, 5) is 36.7. The van der Waals surface area contributed by atoms with Gasteiger partial charge in [0.25, 0.3) is 5.91 Å².